The van der Waals surface area contributed by atoms with E-state index in [4.69, 9.17) is 17.0 Å². The van der Waals surface area contributed by atoms with Gasteiger partial charge < -0.3 is 0 Å². The van der Waals surface area contributed by atoms with Crippen LogP contribution in [0.2, 0.25) is 0 Å². The minimum Gasteiger partial charge on any atom is -0.271 e. The molecule has 6 heavy (non-hydrogen) atoms. The second-order valence-corrected chi connectivity index (χ2v) is 0.678. The van der Waals surface area contributed by atoms with Crippen molar-refractivity contribution < 1.29 is 4.84 Å². The number of halogens is 1. The molecule has 0 aromatic carbocycles. The lowest BCUT2D eigenvalue weighted by molar-refractivity contribution is 0.126. The summed E-state index contributed by atoms with van der Waals surface area (Å²) < 4.78 is 0. The maximum Gasteiger partial charge on any atom is 0.156 e. The smallest absolute Gasteiger partial charge is 0.156 e. The van der Waals surface area contributed by atoms with Crippen LogP contribution >= 0.6 is 11.8 Å². The van der Waals surface area contributed by atoms with Crippen LogP contribution < -0.4 is 5.00 Å². The van der Waals surface area contributed by atoms with Crippen molar-refractivity contribution in [3.63, 3.8) is 0 Å². The molecule has 0 aliphatic heterocycles. The van der Waals surface area contributed by atoms with Gasteiger partial charge in [0, 0.05) is 11.8 Å². The van der Waals surface area contributed by atoms with Crippen LogP contribution in [0.15, 0.2) is 0 Å². The second kappa shape index (κ2) is 4.70. The number of nitrogens with one attached hydrogen (secondary N) is 1. The van der Waals surface area contributed by atoms with Gasteiger partial charge in [-0.15, -0.1) is 5.00 Å². The molecule has 0 saturated heterocycles. The largest absolute Gasteiger partial charge is 0.271 e. The van der Waals surface area contributed by atoms with E-state index in [2.05, 4.69) is 4.84 Å². The van der Waals surface area contributed by atoms with Crippen molar-refractivity contribution in [3.05, 3.63) is 0 Å². The highest BCUT2D eigenvalue weighted by atomic mass is 35.5. The Bertz CT molecular complexity index is 59.1. The quantitative estimate of drug-likeness (QED) is 0.310. The van der Waals surface area contributed by atoms with Crippen LogP contribution in [0.5, 0.6) is 0 Å². The van der Waals surface area contributed by atoms with E-state index in [1.807, 2.05) is 5.00 Å². The summed E-state index contributed by atoms with van der Waals surface area (Å²) in [6, 6.07) is 1.70. The first-order valence-electron chi connectivity index (χ1n) is 1.26. The minimum atomic E-state index is -0.0243. The molecule has 0 heterocycles. The summed E-state index contributed by atoms with van der Waals surface area (Å²) >= 11 is 4.76. The first-order chi connectivity index (χ1) is 2.91. The number of hydrogen-bond acceptors (Lipinski definition) is 3. The Balaban J connectivity index is 2.54. The Hall–Kier alpha value is -0.300. The van der Waals surface area contributed by atoms with Crippen LogP contribution in [-0.4, -0.2) is 6.61 Å². The molecule has 0 saturated carbocycles. The first-order valence-corrected chi connectivity index (χ1v) is 1.64. The SMILES string of the molecule is N#CCONCl. The molecule has 34 valence electrons. The van der Waals surface area contributed by atoms with Gasteiger partial charge in [0.05, 0.1) is 6.07 Å². The summed E-state index contributed by atoms with van der Waals surface area (Å²) in [5, 5.41) is 7.72. The molecule has 0 aliphatic rings. The van der Waals surface area contributed by atoms with Crippen molar-refractivity contribution in [1.29, 1.82) is 5.26 Å². The third-order valence-corrected chi connectivity index (χ3v) is 0.300. The summed E-state index contributed by atoms with van der Waals surface area (Å²) in [5.41, 5.74) is 0. The highest BCUT2D eigenvalue weighted by molar-refractivity contribution is 6.12. The second-order valence-electron chi connectivity index (χ2n) is 0.524. The molecule has 0 atom stereocenters. The minimum absolute atomic E-state index is 0.0243. The van der Waals surface area contributed by atoms with E-state index < -0.39 is 0 Å². The fourth-order valence-corrected chi connectivity index (χ4v) is 0.114. The Kier molecular flexibility index (Phi) is 4.47. The van der Waals surface area contributed by atoms with Gasteiger partial charge in [0.2, 0.25) is 0 Å². The van der Waals surface area contributed by atoms with Crippen LogP contribution in [0.25, 0.3) is 0 Å². The van der Waals surface area contributed by atoms with E-state index in [9.17, 15) is 0 Å². The Labute approximate surface area is 40.5 Å². The zero-order chi connectivity index (χ0) is 4.83. The maximum atomic E-state index is 7.72. The van der Waals surface area contributed by atoms with E-state index in [1.54, 1.807) is 6.07 Å². The molecule has 0 bridgehead atoms. The lowest BCUT2D eigenvalue weighted by Crippen LogP contribution is -1.99. The third-order valence-electron chi connectivity index (χ3n) is 0.191. The van der Waals surface area contributed by atoms with Gasteiger partial charge in [0.15, 0.2) is 6.61 Å². The Morgan fingerprint density at radius 3 is 2.83 bits per heavy atom. The molecule has 0 rings (SSSR count). The van der Waals surface area contributed by atoms with E-state index in [0.29, 0.717) is 0 Å². The highest BCUT2D eigenvalue weighted by Gasteiger charge is 1.71. The van der Waals surface area contributed by atoms with E-state index in [-0.39, 0.29) is 6.61 Å². The van der Waals surface area contributed by atoms with Crippen LogP contribution in [-0.2, 0) is 4.84 Å². The van der Waals surface area contributed by atoms with Crippen molar-refractivity contribution in [3.8, 4) is 6.07 Å². The molecule has 0 spiro atoms. The molecular weight excluding hydrogens is 103 g/mol. The molecule has 0 aromatic rings. The Morgan fingerprint density at radius 1 is 2.00 bits per heavy atom. The number of rotatable bonds is 2. The fraction of sp³-hybridized carbons (Fsp3) is 0.500. The van der Waals surface area contributed by atoms with Gasteiger partial charge in [-0.1, -0.05) is 0 Å². The first kappa shape index (κ1) is 5.70. The predicted molar refractivity (Wildman–Crippen MR) is 20.6 cm³/mol. The Morgan fingerprint density at radius 2 is 2.67 bits per heavy atom. The van der Waals surface area contributed by atoms with Crippen molar-refractivity contribution in [1.82, 2.24) is 5.00 Å². The van der Waals surface area contributed by atoms with Gasteiger partial charge >= 0.3 is 0 Å². The molecule has 0 aromatic heterocycles. The highest BCUT2D eigenvalue weighted by Crippen LogP contribution is 1.62. The van der Waals surface area contributed by atoms with Crippen molar-refractivity contribution in [2.75, 3.05) is 6.61 Å². The summed E-state index contributed by atoms with van der Waals surface area (Å²) in [4.78, 5) is 5.96. The van der Waals surface area contributed by atoms with Gasteiger partial charge in [0.1, 0.15) is 0 Å². The maximum absolute atomic E-state index is 7.72. The molecule has 0 amide bonds. The van der Waals surface area contributed by atoms with E-state index in [1.165, 1.54) is 0 Å². The fourth-order valence-electron chi connectivity index (χ4n) is 0.0596. The molecule has 0 aliphatic carbocycles. The average molecular weight is 107 g/mol. The summed E-state index contributed by atoms with van der Waals surface area (Å²) in [6.45, 7) is -0.0243. The summed E-state index contributed by atoms with van der Waals surface area (Å²) in [5.74, 6) is 0. The zero-order valence-corrected chi connectivity index (χ0v) is 3.70. The summed E-state index contributed by atoms with van der Waals surface area (Å²) in [6.07, 6.45) is 0. The topological polar surface area (TPSA) is 45.0 Å². The van der Waals surface area contributed by atoms with Gasteiger partial charge in [-0.25, -0.2) is 0 Å². The average Bonchev–Trinajstić information content (AvgIpc) is 1.61. The molecule has 3 nitrogen and oxygen atoms in total. The lowest BCUT2D eigenvalue weighted by atomic mass is 10.9. The third kappa shape index (κ3) is 3.70. The van der Waals surface area contributed by atoms with Crippen LogP contribution in [0.3, 0.4) is 0 Å². The molecule has 1 N–H and O–H groups in total. The molecule has 0 fully saturated rings. The van der Waals surface area contributed by atoms with Crippen molar-refractivity contribution >= 4 is 11.8 Å². The molecule has 4 heteroatoms. The predicted octanol–water partition coefficient (Wildman–Crippen LogP) is 0.185. The molecular formula is C2H3ClN2O. The zero-order valence-electron chi connectivity index (χ0n) is 2.94. The number of nitriles is 1. The molecule has 0 radical (unpaired) electrons. The van der Waals surface area contributed by atoms with Crippen LogP contribution in [0.4, 0.5) is 0 Å². The number of hydrogen-bond donors (Lipinski definition) is 1. The van der Waals surface area contributed by atoms with E-state index in [0.717, 1.165) is 0 Å². The van der Waals surface area contributed by atoms with E-state index >= 15 is 0 Å². The van der Waals surface area contributed by atoms with Crippen LogP contribution in [0, 0.1) is 11.3 Å². The van der Waals surface area contributed by atoms with Crippen LogP contribution in [0.1, 0.15) is 0 Å². The van der Waals surface area contributed by atoms with Gasteiger partial charge in [0.25, 0.3) is 0 Å². The lowest BCUT2D eigenvalue weighted by Gasteiger charge is -1.83. The standard InChI is InChI=1S/C2H3ClN2O/c3-5-6-2-1-4/h5H,2H2. The molecule has 0 unspecified atom stereocenters. The van der Waals surface area contributed by atoms with Crippen molar-refractivity contribution in [2.45, 2.75) is 0 Å². The summed E-state index contributed by atoms with van der Waals surface area (Å²) in [7, 11) is 0. The number of nitrogens with zero attached hydrogens (tertiary/aromatic N) is 1. The monoisotopic (exact) mass is 106 g/mol. The van der Waals surface area contributed by atoms with Gasteiger partial charge in [-0.3, -0.25) is 4.84 Å². The van der Waals surface area contributed by atoms with Gasteiger partial charge in [-0.05, 0) is 0 Å². The normalized spacial score (nSPS) is 7.33. The van der Waals surface area contributed by atoms with Crippen molar-refractivity contribution in [2.24, 2.45) is 0 Å². The van der Waals surface area contributed by atoms with Gasteiger partial charge in [-0.2, -0.15) is 5.26 Å².